The average molecular weight is 215 g/mol. The molecule has 1 rings (SSSR count). The number of Topliss-reactive ketones (excluding diaryl/α,β-unsaturated/α-hetero) is 1. The third-order valence-electron chi connectivity index (χ3n) is 1.77. The molecule has 0 saturated carbocycles. The average Bonchev–Trinajstić information content (AvgIpc) is 2.33. The number of carbonyl (C=O) groups is 1. The zero-order valence-electron chi connectivity index (χ0n) is 11.9. The van der Waals surface area contributed by atoms with Gasteiger partial charge in [0.2, 0.25) is 0 Å². The van der Waals surface area contributed by atoms with Crippen molar-refractivity contribution in [2.45, 2.75) is 19.0 Å². The first-order chi connectivity index (χ1) is 8.53. The SMILES string of the molecule is [2H]c1c([2H])c([C@@H](O)[C@@]([2H])(N)C(C)=O)c([2H])c(O)c1O. The maximum Gasteiger partial charge on any atom is 0.157 e. The fourth-order valence-corrected chi connectivity index (χ4v) is 0.889. The largest absolute Gasteiger partial charge is 0.504 e. The standard InChI is InChI=1S/C10H13NO4/c1-5(12)9(11)10(15)6-2-3-7(13)8(14)4-6/h2-4,9-10,13-15H,11H2,1H3/t9-,10+/m0/s1/i2D,3D,4D,9D. The summed E-state index contributed by atoms with van der Waals surface area (Å²) in [6, 6.07) is -4.99. The first kappa shape index (κ1) is 6.81. The van der Waals surface area contributed by atoms with E-state index in [0.717, 1.165) is 6.92 Å². The van der Waals surface area contributed by atoms with Crippen molar-refractivity contribution in [2.24, 2.45) is 5.73 Å². The van der Waals surface area contributed by atoms with Gasteiger partial charge in [0.25, 0.3) is 0 Å². The van der Waals surface area contributed by atoms with E-state index in [1.165, 1.54) is 0 Å². The summed E-state index contributed by atoms with van der Waals surface area (Å²) in [5.74, 6) is -2.92. The molecule has 0 radical (unpaired) electrons. The molecular formula is C10H13NO4. The highest BCUT2D eigenvalue weighted by Gasteiger charge is 2.21. The minimum atomic E-state index is -2.53. The number of benzene rings is 1. The van der Waals surface area contributed by atoms with Crippen molar-refractivity contribution in [1.29, 1.82) is 0 Å². The van der Waals surface area contributed by atoms with Crippen molar-refractivity contribution in [1.82, 2.24) is 0 Å². The van der Waals surface area contributed by atoms with Gasteiger partial charge in [0.1, 0.15) is 11.9 Å². The molecule has 0 fully saturated rings. The highest BCUT2D eigenvalue weighted by atomic mass is 16.3. The van der Waals surface area contributed by atoms with E-state index in [9.17, 15) is 20.1 Å². The number of carbonyl (C=O) groups excluding carboxylic acids is 1. The summed E-state index contributed by atoms with van der Waals surface area (Å²) in [5.41, 5.74) is 4.65. The number of phenolic OH excluding ortho intramolecular Hbond substituents is 2. The number of rotatable bonds is 3. The molecule has 82 valence electrons. The number of hydrogen-bond acceptors (Lipinski definition) is 5. The van der Waals surface area contributed by atoms with Gasteiger partial charge < -0.3 is 21.1 Å². The molecule has 0 bridgehead atoms. The number of phenols is 2. The zero-order chi connectivity index (χ0) is 15.1. The molecule has 0 unspecified atom stereocenters. The van der Waals surface area contributed by atoms with E-state index in [4.69, 9.17) is 11.2 Å². The molecule has 5 N–H and O–H groups in total. The quantitative estimate of drug-likeness (QED) is 0.533. The Bertz CT molecular complexity index is 518. The molecule has 2 atom stereocenters. The number of aliphatic hydroxyl groups excluding tert-OH is 1. The number of aromatic hydroxyl groups is 2. The lowest BCUT2D eigenvalue weighted by molar-refractivity contribution is -0.120. The Kier molecular flexibility index (Phi) is 1.95. The third-order valence-corrected chi connectivity index (χ3v) is 1.77. The molecule has 0 aliphatic carbocycles. The van der Waals surface area contributed by atoms with E-state index in [2.05, 4.69) is 0 Å². The van der Waals surface area contributed by atoms with Crippen molar-refractivity contribution < 1.29 is 25.6 Å². The number of ketones is 1. The van der Waals surface area contributed by atoms with Crippen LogP contribution in [0, 0.1) is 0 Å². The summed E-state index contributed by atoms with van der Waals surface area (Å²) in [6.07, 6.45) is -2.08. The molecule has 1 aromatic rings. The monoisotopic (exact) mass is 215 g/mol. The Morgan fingerprint density at radius 2 is 2.13 bits per heavy atom. The van der Waals surface area contributed by atoms with Crippen LogP contribution in [0.1, 0.15) is 24.1 Å². The molecular weight excluding hydrogens is 198 g/mol. The molecule has 0 spiro atoms. The topological polar surface area (TPSA) is 104 Å². The van der Waals surface area contributed by atoms with Crippen LogP contribution >= 0.6 is 0 Å². The molecule has 5 heteroatoms. The Morgan fingerprint density at radius 1 is 1.53 bits per heavy atom. The lowest BCUT2D eigenvalue weighted by Crippen LogP contribution is -2.35. The van der Waals surface area contributed by atoms with Crippen LogP contribution in [0.25, 0.3) is 0 Å². The molecule has 5 nitrogen and oxygen atoms in total. The Morgan fingerprint density at radius 3 is 2.67 bits per heavy atom. The maximum absolute atomic E-state index is 11.2. The van der Waals surface area contributed by atoms with Crippen molar-refractivity contribution in [3.63, 3.8) is 0 Å². The smallest absolute Gasteiger partial charge is 0.157 e. The van der Waals surface area contributed by atoms with Gasteiger partial charge in [-0.2, -0.15) is 0 Å². The van der Waals surface area contributed by atoms with Crippen LogP contribution in [0.2, 0.25) is 0 Å². The molecule has 0 aliphatic rings. The fraction of sp³-hybridized carbons (Fsp3) is 0.300. The van der Waals surface area contributed by atoms with Crippen LogP contribution < -0.4 is 5.73 Å². The third kappa shape index (κ3) is 2.45. The van der Waals surface area contributed by atoms with Crippen molar-refractivity contribution in [3.8, 4) is 11.5 Å². The van der Waals surface area contributed by atoms with Gasteiger partial charge in [-0.25, -0.2) is 0 Å². The first-order valence-electron chi connectivity index (χ1n) is 6.03. The van der Waals surface area contributed by atoms with Crippen molar-refractivity contribution in [2.75, 3.05) is 0 Å². The second-order valence-electron chi connectivity index (χ2n) is 2.90. The first-order valence-corrected chi connectivity index (χ1v) is 4.03. The maximum atomic E-state index is 11.2. The highest BCUT2D eigenvalue weighted by molar-refractivity contribution is 5.82. The van der Waals surface area contributed by atoms with Crippen LogP contribution in [-0.4, -0.2) is 27.1 Å². The molecule has 15 heavy (non-hydrogen) atoms. The van der Waals surface area contributed by atoms with Crippen LogP contribution in [0.5, 0.6) is 11.5 Å². The van der Waals surface area contributed by atoms with E-state index in [0.29, 0.717) is 0 Å². The fourth-order valence-electron chi connectivity index (χ4n) is 0.889. The summed E-state index contributed by atoms with van der Waals surface area (Å²) in [7, 11) is 0. The van der Waals surface area contributed by atoms with E-state index in [-0.39, 0.29) is 0 Å². The van der Waals surface area contributed by atoms with Gasteiger partial charge in [0.05, 0.1) is 11.5 Å². The van der Waals surface area contributed by atoms with Gasteiger partial charge in [-0.05, 0) is 24.6 Å². The molecule has 0 heterocycles. The predicted molar refractivity (Wildman–Crippen MR) is 53.4 cm³/mol. The summed E-state index contributed by atoms with van der Waals surface area (Å²) in [6.45, 7) is 0.950. The normalized spacial score (nSPS) is 20.5. The number of aliphatic hydroxyl groups is 1. The highest BCUT2D eigenvalue weighted by Crippen LogP contribution is 2.28. The second-order valence-corrected chi connectivity index (χ2v) is 2.90. The van der Waals surface area contributed by atoms with Crippen LogP contribution in [0.4, 0.5) is 0 Å². The number of nitrogens with two attached hydrogens (primary N) is 1. The van der Waals surface area contributed by atoms with Gasteiger partial charge in [0, 0.05) is 0 Å². The predicted octanol–water partition coefficient (Wildman–Crippen LogP) is 0.0475. The molecule has 0 aromatic heterocycles. The Labute approximate surface area is 92.4 Å². The summed E-state index contributed by atoms with van der Waals surface area (Å²) in [5, 5.41) is 28.6. The Balaban J connectivity index is 3.57. The van der Waals surface area contributed by atoms with Crippen LogP contribution in [0.3, 0.4) is 0 Å². The minimum Gasteiger partial charge on any atom is -0.504 e. The molecule has 0 aliphatic heterocycles. The van der Waals surface area contributed by atoms with Gasteiger partial charge in [-0.3, -0.25) is 4.79 Å². The molecule has 0 saturated heterocycles. The summed E-state index contributed by atoms with van der Waals surface area (Å²) >= 11 is 0. The zero-order valence-corrected chi connectivity index (χ0v) is 7.90. The van der Waals surface area contributed by atoms with Gasteiger partial charge in [-0.15, -0.1) is 0 Å². The van der Waals surface area contributed by atoms with E-state index in [1.807, 2.05) is 0 Å². The molecule has 0 amide bonds. The number of hydrogen-bond donors (Lipinski definition) is 4. The van der Waals surface area contributed by atoms with E-state index < -0.39 is 53.1 Å². The van der Waals surface area contributed by atoms with Gasteiger partial charge in [0.15, 0.2) is 11.5 Å². The van der Waals surface area contributed by atoms with E-state index in [1.54, 1.807) is 0 Å². The van der Waals surface area contributed by atoms with Crippen molar-refractivity contribution >= 4 is 5.78 Å². The van der Waals surface area contributed by atoms with Gasteiger partial charge >= 0.3 is 0 Å². The van der Waals surface area contributed by atoms with Crippen LogP contribution in [0.15, 0.2) is 18.1 Å². The lowest BCUT2D eigenvalue weighted by Gasteiger charge is -2.16. The lowest BCUT2D eigenvalue weighted by atomic mass is 10.00. The Hall–Kier alpha value is -1.59. The summed E-state index contributed by atoms with van der Waals surface area (Å²) < 4.78 is 29.9. The molecule has 1 aromatic carbocycles. The van der Waals surface area contributed by atoms with Crippen molar-refractivity contribution in [3.05, 3.63) is 23.7 Å². The van der Waals surface area contributed by atoms with E-state index >= 15 is 0 Å². The summed E-state index contributed by atoms with van der Waals surface area (Å²) in [4.78, 5) is 11.2. The minimum absolute atomic E-state index is 0.659. The van der Waals surface area contributed by atoms with Crippen LogP contribution in [-0.2, 0) is 4.79 Å². The van der Waals surface area contributed by atoms with Gasteiger partial charge in [-0.1, -0.05) is 6.04 Å². The second kappa shape index (κ2) is 4.29.